The van der Waals surface area contributed by atoms with Gasteiger partial charge in [0.2, 0.25) is 0 Å². The zero-order valence-electron chi connectivity index (χ0n) is 10.6. The van der Waals surface area contributed by atoms with Crippen LogP contribution in [-0.4, -0.2) is 26.4 Å². The van der Waals surface area contributed by atoms with Crippen LogP contribution in [0.2, 0.25) is 12.6 Å². The third-order valence-electron chi connectivity index (χ3n) is 1.49. The molecule has 0 rings (SSSR count). The van der Waals surface area contributed by atoms with E-state index in [0.717, 1.165) is 18.9 Å². The number of hydrogen-bond donors (Lipinski definition) is 3. The van der Waals surface area contributed by atoms with Gasteiger partial charge in [-0.2, -0.15) is 0 Å². The summed E-state index contributed by atoms with van der Waals surface area (Å²) in [5, 5.41) is 0. The van der Waals surface area contributed by atoms with Crippen molar-refractivity contribution in [1.82, 2.24) is 0 Å². The van der Waals surface area contributed by atoms with Crippen LogP contribution in [0.15, 0.2) is 0 Å². The van der Waals surface area contributed by atoms with Gasteiger partial charge in [-0.3, -0.25) is 0 Å². The first-order chi connectivity index (χ1) is 4.66. The minimum Gasteiger partial charge on any atom is -1.00 e. The molecule has 66 valence electrons. The van der Waals surface area contributed by atoms with E-state index in [0.29, 0.717) is 6.54 Å². The maximum Gasteiger partial charge on any atom is 1.00 e. The zero-order valence-corrected chi connectivity index (χ0v) is 13.7. The first-order valence-electron chi connectivity index (χ1n) is 3.80. The monoisotopic (exact) mass is 210 g/mol. The second kappa shape index (κ2) is 13.1. The van der Waals surface area contributed by atoms with Crippen LogP contribution >= 0.6 is 0 Å². The van der Waals surface area contributed by atoms with Crippen molar-refractivity contribution in [1.29, 1.82) is 0 Å². The SMILES string of the molecule is C[SiH](O)CCC(N)CCN.[H-].[H-].[Na+].[Na+]. The summed E-state index contributed by atoms with van der Waals surface area (Å²) in [7, 11) is -1.37. The van der Waals surface area contributed by atoms with Gasteiger partial charge >= 0.3 is 59.1 Å². The molecule has 5 N–H and O–H groups in total. The Balaban J connectivity index is -0.0000000675. The van der Waals surface area contributed by atoms with Crippen molar-refractivity contribution in [2.24, 2.45) is 11.5 Å². The molecule has 0 aliphatic heterocycles. The molecule has 2 atom stereocenters. The van der Waals surface area contributed by atoms with Gasteiger partial charge in [0.1, 0.15) is 0 Å². The molecule has 0 aliphatic carbocycles. The van der Waals surface area contributed by atoms with E-state index in [1.54, 1.807) is 0 Å². The van der Waals surface area contributed by atoms with Crippen molar-refractivity contribution in [3.05, 3.63) is 0 Å². The fourth-order valence-electron chi connectivity index (χ4n) is 0.814. The van der Waals surface area contributed by atoms with Gasteiger partial charge in [0.25, 0.3) is 0 Å². The van der Waals surface area contributed by atoms with Gasteiger partial charge in [0.05, 0.1) is 0 Å². The molecule has 3 nitrogen and oxygen atoms in total. The summed E-state index contributed by atoms with van der Waals surface area (Å²) < 4.78 is 0. The molecule has 0 aromatic rings. The van der Waals surface area contributed by atoms with Crippen LogP contribution in [0, 0.1) is 0 Å². The van der Waals surface area contributed by atoms with Crippen molar-refractivity contribution in [2.75, 3.05) is 6.54 Å². The van der Waals surface area contributed by atoms with Crippen LogP contribution in [0.4, 0.5) is 0 Å². The Morgan fingerprint density at radius 1 is 1.42 bits per heavy atom. The van der Waals surface area contributed by atoms with Crippen molar-refractivity contribution < 1.29 is 66.8 Å². The molecular weight excluding hydrogens is 190 g/mol. The normalized spacial score (nSPS) is 14.0. The molecular formula is C6H20N2Na2OSi. The van der Waals surface area contributed by atoms with E-state index in [2.05, 4.69) is 0 Å². The summed E-state index contributed by atoms with van der Waals surface area (Å²) in [5.41, 5.74) is 11.0. The second-order valence-electron chi connectivity index (χ2n) is 2.76. The van der Waals surface area contributed by atoms with Gasteiger partial charge in [-0.1, -0.05) is 0 Å². The Morgan fingerprint density at radius 3 is 2.25 bits per heavy atom. The van der Waals surface area contributed by atoms with E-state index < -0.39 is 9.04 Å². The molecule has 0 amide bonds. The first-order valence-corrected chi connectivity index (χ1v) is 6.29. The van der Waals surface area contributed by atoms with Gasteiger partial charge < -0.3 is 19.1 Å². The molecule has 0 aromatic carbocycles. The minimum atomic E-state index is -1.37. The molecule has 0 aromatic heterocycles. The molecule has 2 unspecified atom stereocenters. The van der Waals surface area contributed by atoms with Crippen molar-refractivity contribution in [3.63, 3.8) is 0 Å². The van der Waals surface area contributed by atoms with E-state index in [9.17, 15) is 0 Å². The maximum absolute atomic E-state index is 9.02. The van der Waals surface area contributed by atoms with Crippen molar-refractivity contribution >= 4 is 9.04 Å². The van der Waals surface area contributed by atoms with E-state index in [1.807, 2.05) is 6.55 Å². The Kier molecular flexibility index (Phi) is 21.4. The number of nitrogens with two attached hydrogens (primary N) is 2. The van der Waals surface area contributed by atoms with Gasteiger partial charge in [-0.15, -0.1) is 0 Å². The fraction of sp³-hybridized carbons (Fsp3) is 1.00. The third-order valence-corrected chi connectivity index (χ3v) is 2.66. The van der Waals surface area contributed by atoms with Gasteiger partial charge in [0, 0.05) is 6.04 Å². The predicted octanol–water partition coefficient (Wildman–Crippen LogP) is -6.37. The number of rotatable bonds is 5. The summed E-state index contributed by atoms with van der Waals surface area (Å²) in [6, 6.07) is 1.12. The van der Waals surface area contributed by atoms with Gasteiger partial charge in [0.15, 0.2) is 9.04 Å². The molecule has 12 heavy (non-hydrogen) atoms. The summed E-state index contributed by atoms with van der Waals surface area (Å²) in [5.74, 6) is 0. The Morgan fingerprint density at radius 2 is 1.92 bits per heavy atom. The van der Waals surface area contributed by atoms with Crippen LogP contribution in [0.1, 0.15) is 15.7 Å². The molecule has 0 aliphatic rings. The molecule has 0 radical (unpaired) electrons. The smallest absolute Gasteiger partial charge is 1.00 e. The van der Waals surface area contributed by atoms with E-state index in [-0.39, 0.29) is 68.0 Å². The Labute approximate surface area is 124 Å². The second-order valence-corrected chi connectivity index (χ2v) is 5.04. The first kappa shape index (κ1) is 19.6. The summed E-state index contributed by atoms with van der Waals surface area (Å²) in [4.78, 5) is 9.02. The van der Waals surface area contributed by atoms with E-state index in [1.165, 1.54) is 0 Å². The van der Waals surface area contributed by atoms with Gasteiger partial charge in [-0.25, -0.2) is 0 Å². The summed E-state index contributed by atoms with van der Waals surface area (Å²) in [6.45, 7) is 2.57. The Bertz CT molecular complexity index is 96.2. The predicted molar refractivity (Wildman–Crippen MR) is 48.5 cm³/mol. The van der Waals surface area contributed by atoms with Crippen LogP contribution in [0.3, 0.4) is 0 Å². The summed E-state index contributed by atoms with van der Waals surface area (Å²) >= 11 is 0. The molecule has 0 saturated heterocycles. The van der Waals surface area contributed by atoms with Crippen LogP contribution in [0.25, 0.3) is 0 Å². The average Bonchev–Trinajstić information content (AvgIpc) is 1.85. The van der Waals surface area contributed by atoms with Crippen LogP contribution in [0.5, 0.6) is 0 Å². The number of hydrogen-bond acceptors (Lipinski definition) is 3. The van der Waals surface area contributed by atoms with E-state index in [4.69, 9.17) is 16.3 Å². The van der Waals surface area contributed by atoms with E-state index >= 15 is 0 Å². The molecule has 0 bridgehead atoms. The maximum atomic E-state index is 9.02. The molecule has 6 heteroatoms. The fourth-order valence-corrected chi connectivity index (χ4v) is 1.72. The molecule has 0 heterocycles. The standard InChI is InChI=1S/C6H18N2OSi.2Na.2H/c1-10(9)5-3-6(8)2-4-7;;;;/h6,9-10H,2-5,7-8H2,1H3;;;;/q;2*+1;2*-1. The van der Waals surface area contributed by atoms with Crippen LogP contribution < -0.4 is 70.6 Å². The zero-order chi connectivity index (χ0) is 7.98. The van der Waals surface area contributed by atoms with Crippen molar-refractivity contribution in [2.45, 2.75) is 31.5 Å². The Hall–Kier alpha value is 2.10. The van der Waals surface area contributed by atoms with Crippen LogP contribution in [-0.2, 0) is 0 Å². The van der Waals surface area contributed by atoms with Gasteiger partial charge in [-0.05, 0) is 32.0 Å². The van der Waals surface area contributed by atoms with Crippen molar-refractivity contribution in [3.8, 4) is 0 Å². The largest absolute Gasteiger partial charge is 1.00 e. The quantitative estimate of drug-likeness (QED) is 0.395. The molecule has 0 saturated carbocycles. The summed E-state index contributed by atoms with van der Waals surface area (Å²) in [6.07, 6.45) is 1.81. The topological polar surface area (TPSA) is 72.3 Å². The average molecular weight is 210 g/mol. The third kappa shape index (κ3) is 14.6. The molecule has 0 fully saturated rings. The minimum absolute atomic E-state index is 0. The molecule has 0 spiro atoms.